The summed E-state index contributed by atoms with van der Waals surface area (Å²) in [6.45, 7) is 5.75. The lowest BCUT2D eigenvalue weighted by molar-refractivity contribution is -0.119. The normalized spacial score (nSPS) is 14.2. The molecule has 0 spiro atoms. The number of urea groups is 1. The first-order valence-corrected chi connectivity index (χ1v) is 12.2. The summed E-state index contributed by atoms with van der Waals surface area (Å²) in [7, 11) is 0. The maximum absolute atomic E-state index is 14.1. The number of rotatable bonds is 5. The van der Waals surface area contributed by atoms with E-state index in [-0.39, 0.29) is 30.6 Å². The van der Waals surface area contributed by atoms with Crippen molar-refractivity contribution in [2.45, 2.75) is 32.9 Å². The first-order valence-electron chi connectivity index (χ1n) is 12.2. The van der Waals surface area contributed by atoms with Crippen LogP contribution in [0.4, 0.5) is 16.2 Å². The van der Waals surface area contributed by atoms with Gasteiger partial charge in [-0.05, 0) is 62.2 Å². The molecule has 3 amide bonds. The predicted octanol–water partition coefficient (Wildman–Crippen LogP) is 6.16. The number of para-hydroxylation sites is 3. The lowest BCUT2D eigenvalue weighted by Crippen LogP contribution is -2.49. The summed E-state index contributed by atoms with van der Waals surface area (Å²) in [5.74, 6) is -0.141. The van der Waals surface area contributed by atoms with E-state index in [0.717, 1.165) is 33.9 Å². The monoisotopic (exact) mass is 478 g/mol. The van der Waals surface area contributed by atoms with Gasteiger partial charge in [-0.3, -0.25) is 9.69 Å². The summed E-state index contributed by atoms with van der Waals surface area (Å²) in [5.41, 5.74) is 5.50. The summed E-state index contributed by atoms with van der Waals surface area (Å²) >= 11 is 0. The van der Waals surface area contributed by atoms with Crippen LogP contribution in [0.2, 0.25) is 0 Å². The fourth-order valence-electron chi connectivity index (χ4n) is 4.82. The van der Waals surface area contributed by atoms with Crippen molar-refractivity contribution in [2.75, 3.05) is 16.8 Å². The van der Waals surface area contributed by atoms with Gasteiger partial charge in [-0.15, -0.1) is 0 Å². The van der Waals surface area contributed by atoms with Crippen molar-refractivity contribution in [3.63, 3.8) is 0 Å². The number of carbonyl (C=O) groups excluding carboxylic acids is 2. The van der Waals surface area contributed by atoms with Crippen LogP contribution in [0.5, 0.6) is 0 Å². The van der Waals surface area contributed by atoms with Gasteiger partial charge in [0.1, 0.15) is 12.6 Å². The van der Waals surface area contributed by atoms with Crippen molar-refractivity contribution in [2.24, 2.45) is 0 Å². The zero-order valence-electron chi connectivity index (χ0n) is 20.8. The van der Waals surface area contributed by atoms with Crippen molar-refractivity contribution < 1.29 is 9.59 Å². The van der Waals surface area contributed by atoms with Crippen LogP contribution in [0.25, 0.3) is 5.69 Å². The second-order valence-corrected chi connectivity index (χ2v) is 9.34. The van der Waals surface area contributed by atoms with Gasteiger partial charge in [0, 0.05) is 17.9 Å². The third kappa shape index (κ3) is 4.26. The van der Waals surface area contributed by atoms with Crippen LogP contribution in [0.15, 0.2) is 97.2 Å². The maximum atomic E-state index is 14.1. The lowest BCUT2D eigenvalue weighted by atomic mass is 9.97. The average Bonchev–Trinajstić information content (AvgIpc) is 3.38. The molecule has 6 heteroatoms. The van der Waals surface area contributed by atoms with E-state index in [4.69, 9.17) is 0 Å². The molecule has 1 atom stereocenters. The third-order valence-corrected chi connectivity index (χ3v) is 6.68. The summed E-state index contributed by atoms with van der Waals surface area (Å²) in [6, 6.07) is 28.9. The average molecular weight is 479 g/mol. The molecular weight excluding hydrogens is 448 g/mol. The zero-order valence-corrected chi connectivity index (χ0v) is 20.8. The standard InChI is InChI=1S/C30H30N4O2/c1-21(2)33(30(36)31-24-15-8-7-12-22(24)3)20-28(35)34-26-17-10-9-16-25(26)32-19-11-18-27(32)29(34)23-13-5-4-6-14-23/h4-19,21,29H,20H2,1-3H3,(H,31,36). The molecule has 0 fully saturated rings. The van der Waals surface area contributed by atoms with Gasteiger partial charge in [-0.1, -0.05) is 60.7 Å². The molecule has 2 heterocycles. The number of anilines is 2. The number of aryl methyl sites for hydroxylation is 1. The second kappa shape index (κ2) is 9.74. The SMILES string of the molecule is Cc1ccccc1NC(=O)N(CC(=O)N1c2ccccc2-n2cccc2C1c1ccccc1)C(C)C. The molecule has 1 aromatic heterocycles. The minimum Gasteiger partial charge on any atom is -0.316 e. The van der Waals surface area contributed by atoms with Crippen LogP contribution in [0.3, 0.4) is 0 Å². The Morgan fingerprint density at radius 1 is 0.861 bits per heavy atom. The van der Waals surface area contributed by atoms with E-state index >= 15 is 0 Å². The van der Waals surface area contributed by atoms with E-state index in [1.807, 2.05) is 117 Å². The molecule has 0 radical (unpaired) electrons. The highest BCUT2D eigenvalue weighted by Crippen LogP contribution is 2.42. The third-order valence-electron chi connectivity index (χ3n) is 6.68. The van der Waals surface area contributed by atoms with Gasteiger partial charge in [0.2, 0.25) is 5.91 Å². The van der Waals surface area contributed by atoms with Crippen molar-refractivity contribution >= 4 is 23.3 Å². The van der Waals surface area contributed by atoms with Crippen LogP contribution in [-0.2, 0) is 4.79 Å². The minimum absolute atomic E-state index is 0.0479. The Hall–Kier alpha value is -4.32. The number of hydrogen-bond acceptors (Lipinski definition) is 2. The molecule has 4 aromatic rings. The van der Waals surface area contributed by atoms with Crippen molar-refractivity contribution in [3.05, 3.63) is 114 Å². The summed E-state index contributed by atoms with van der Waals surface area (Å²) in [5, 5.41) is 2.99. The summed E-state index contributed by atoms with van der Waals surface area (Å²) in [4.78, 5) is 30.9. The van der Waals surface area contributed by atoms with Gasteiger partial charge < -0.3 is 14.8 Å². The highest BCUT2D eigenvalue weighted by molar-refractivity contribution is 6.01. The smallest absolute Gasteiger partial charge is 0.316 e. The predicted molar refractivity (Wildman–Crippen MR) is 144 cm³/mol. The van der Waals surface area contributed by atoms with Crippen LogP contribution in [0, 0.1) is 6.92 Å². The number of aromatic nitrogens is 1. The van der Waals surface area contributed by atoms with Crippen molar-refractivity contribution in [3.8, 4) is 5.69 Å². The van der Waals surface area contributed by atoms with Crippen LogP contribution in [0.1, 0.15) is 36.7 Å². The molecule has 6 nitrogen and oxygen atoms in total. The quantitative estimate of drug-likeness (QED) is 0.373. The molecule has 5 rings (SSSR count). The molecular formula is C30H30N4O2. The van der Waals surface area contributed by atoms with E-state index < -0.39 is 0 Å². The van der Waals surface area contributed by atoms with Crippen LogP contribution >= 0.6 is 0 Å². The zero-order chi connectivity index (χ0) is 25.2. The Labute approximate surface area is 211 Å². The number of nitrogens with one attached hydrogen (secondary N) is 1. The Kier molecular flexibility index (Phi) is 6.34. The molecule has 36 heavy (non-hydrogen) atoms. The molecule has 3 aromatic carbocycles. The van der Waals surface area contributed by atoms with Gasteiger partial charge in [0.05, 0.1) is 17.1 Å². The number of hydrogen-bond donors (Lipinski definition) is 1. The van der Waals surface area contributed by atoms with Crippen LogP contribution in [-0.4, -0.2) is 34.0 Å². The number of carbonyl (C=O) groups is 2. The van der Waals surface area contributed by atoms with Gasteiger partial charge in [0.25, 0.3) is 0 Å². The number of amides is 3. The highest BCUT2D eigenvalue weighted by Gasteiger charge is 2.37. The Morgan fingerprint density at radius 2 is 1.53 bits per heavy atom. The van der Waals surface area contributed by atoms with Crippen LogP contribution < -0.4 is 10.2 Å². The maximum Gasteiger partial charge on any atom is 0.322 e. The van der Waals surface area contributed by atoms with E-state index in [9.17, 15) is 9.59 Å². The molecule has 1 unspecified atom stereocenters. The molecule has 1 N–H and O–H groups in total. The molecule has 0 aliphatic carbocycles. The topological polar surface area (TPSA) is 57.6 Å². The molecule has 1 aliphatic rings. The molecule has 0 bridgehead atoms. The molecule has 0 saturated carbocycles. The Bertz CT molecular complexity index is 1390. The van der Waals surface area contributed by atoms with Gasteiger partial charge in [0.15, 0.2) is 0 Å². The van der Waals surface area contributed by atoms with Crippen molar-refractivity contribution in [1.29, 1.82) is 0 Å². The van der Waals surface area contributed by atoms with Gasteiger partial charge in [-0.25, -0.2) is 4.79 Å². The fourth-order valence-corrected chi connectivity index (χ4v) is 4.82. The summed E-state index contributed by atoms with van der Waals surface area (Å²) in [6.07, 6.45) is 2.03. The second-order valence-electron chi connectivity index (χ2n) is 9.34. The first-order chi connectivity index (χ1) is 17.5. The lowest BCUT2D eigenvalue weighted by Gasteiger charge is -2.40. The van der Waals surface area contributed by atoms with Gasteiger partial charge in [-0.2, -0.15) is 0 Å². The number of nitrogens with zero attached hydrogens (tertiary/aromatic N) is 3. The van der Waals surface area contributed by atoms with E-state index in [0.29, 0.717) is 0 Å². The van der Waals surface area contributed by atoms with Gasteiger partial charge >= 0.3 is 6.03 Å². The summed E-state index contributed by atoms with van der Waals surface area (Å²) < 4.78 is 2.14. The largest absolute Gasteiger partial charge is 0.322 e. The Morgan fingerprint density at radius 3 is 2.25 bits per heavy atom. The molecule has 1 aliphatic heterocycles. The van der Waals surface area contributed by atoms with E-state index in [1.54, 1.807) is 4.90 Å². The van der Waals surface area contributed by atoms with E-state index in [2.05, 4.69) is 16.0 Å². The minimum atomic E-state index is -0.308. The number of fused-ring (bicyclic) bond motifs is 3. The molecule has 182 valence electrons. The number of benzene rings is 3. The first kappa shape index (κ1) is 23.4. The molecule has 0 saturated heterocycles. The van der Waals surface area contributed by atoms with E-state index in [1.165, 1.54) is 0 Å². The Balaban J connectivity index is 1.51. The fraction of sp³-hybridized carbons (Fsp3) is 0.200. The van der Waals surface area contributed by atoms with Crippen molar-refractivity contribution in [1.82, 2.24) is 9.47 Å². The highest BCUT2D eigenvalue weighted by atomic mass is 16.2.